The van der Waals surface area contributed by atoms with Gasteiger partial charge in [0.05, 0.1) is 6.54 Å². The van der Waals surface area contributed by atoms with E-state index in [1.165, 1.54) is 24.3 Å². The molecule has 2 rings (SSSR count). The molecule has 1 saturated heterocycles. The van der Waals surface area contributed by atoms with Gasteiger partial charge in [-0.25, -0.2) is 4.39 Å². The largest absolute Gasteiger partial charge is 0.489 e. The van der Waals surface area contributed by atoms with E-state index in [2.05, 4.69) is 0 Å². The van der Waals surface area contributed by atoms with Gasteiger partial charge in [0.2, 0.25) is 0 Å². The molecule has 0 bridgehead atoms. The average Bonchev–Trinajstić information content (AvgIpc) is 2.69. The minimum atomic E-state index is -4.14. The van der Waals surface area contributed by atoms with Crippen LogP contribution >= 0.6 is 0 Å². The van der Waals surface area contributed by atoms with Crippen LogP contribution in [0, 0.1) is 5.82 Å². The van der Waals surface area contributed by atoms with Crippen molar-refractivity contribution in [2.45, 2.75) is 12.5 Å². The zero-order valence-electron chi connectivity index (χ0n) is 8.91. The maximum absolute atomic E-state index is 12.6. The van der Waals surface area contributed by atoms with Gasteiger partial charge in [-0.2, -0.15) is 12.7 Å². The highest BCUT2D eigenvalue weighted by molar-refractivity contribution is 7.83. The molecule has 0 aliphatic carbocycles. The van der Waals surface area contributed by atoms with Gasteiger partial charge in [0.1, 0.15) is 17.7 Å². The summed E-state index contributed by atoms with van der Waals surface area (Å²) >= 11 is 0. The van der Waals surface area contributed by atoms with E-state index in [1.807, 2.05) is 0 Å². The summed E-state index contributed by atoms with van der Waals surface area (Å²) in [6, 6.07) is 5.49. The SMILES string of the molecule is O=S(=O)(O)N1CC[C@@H](Oc2ccc(F)cc2)C1. The Balaban J connectivity index is 1.96. The van der Waals surface area contributed by atoms with Gasteiger partial charge < -0.3 is 4.74 Å². The standard InChI is InChI=1S/C10H12FNO4S/c11-8-1-3-9(4-2-8)16-10-5-6-12(7-10)17(13,14)15/h1-4,10H,5-7H2,(H,13,14,15)/t10-/m1/s1. The number of hydrogen-bond donors (Lipinski definition) is 1. The van der Waals surface area contributed by atoms with Crippen LogP contribution in [0.1, 0.15) is 6.42 Å². The maximum Gasteiger partial charge on any atom is 0.336 e. The summed E-state index contributed by atoms with van der Waals surface area (Å²) in [6.45, 7) is 0.334. The molecule has 0 amide bonds. The third kappa shape index (κ3) is 3.15. The normalized spacial score (nSPS) is 21.6. The fraction of sp³-hybridized carbons (Fsp3) is 0.400. The van der Waals surface area contributed by atoms with Crippen molar-refractivity contribution < 1.29 is 22.1 Å². The van der Waals surface area contributed by atoms with Crippen molar-refractivity contribution in [1.29, 1.82) is 0 Å². The number of ether oxygens (including phenoxy) is 1. The summed E-state index contributed by atoms with van der Waals surface area (Å²) in [4.78, 5) is 0. The third-order valence-corrected chi connectivity index (χ3v) is 3.53. The first-order valence-electron chi connectivity index (χ1n) is 5.10. The highest BCUT2D eigenvalue weighted by Gasteiger charge is 2.31. The lowest BCUT2D eigenvalue weighted by Gasteiger charge is -2.14. The predicted octanol–water partition coefficient (Wildman–Crippen LogP) is 1.08. The summed E-state index contributed by atoms with van der Waals surface area (Å²) in [6.07, 6.45) is 0.180. The molecule has 1 atom stereocenters. The lowest BCUT2D eigenvalue weighted by atomic mass is 10.3. The number of rotatable bonds is 3. The van der Waals surface area contributed by atoms with E-state index < -0.39 is 10.3 Å². The van der Waals surface area contributed by atoms with E-state index in [0.717, 1.165) is 4.31 Å². The van der Waals surface area contributed by atoms with Crippen LogP contribution in [0.15, 0.2) is 24.3 Å². The molecule has 0 aromatic heterocycles. The van der Waals surface area contributed by atoms with Crippen molar-refractivity contribution in [1.82, 2.24) is 4.31 Å². The molecular weight excluding hydrogens is 249 g/mol. The summed E-state index contributed by atoms with van der Waals surface area (Å²) in [5, 5.41) is 0. The van der Waals surface area contributed by atoms with Gasteiger partial charge >= 0.3 is 10.3 Å². The zero-order valence-corrected chi connectivity index (χ0v) is 9.73. The lowest BCUT2D eigenvalue weighted by Crippen LogP contribution is -2.30. The first-order chi connectivity index (χ1) is 7.95. The Labute approximate surface area is 98.7 Å². The van der Waals surface area contributed by atoms with Crippen LogP contribution in [-0.2, 0) is 10.3 Å². The Morgan fingerprint density at radius 1 is 1.35 bits per heavy atom. The second kappa shape index (κ2) is 4.59. The second-order valence-corrected chi connectivity index (χ2v) is 5.23. The van der Waals surface area contributed by atoms with Crippen LogP contribution in [0.2, 0.25) is 0 Å². The van der Waals surface area contributed by atoms with Crippen molar-refractivity contribution in [3.63, 3.8) is 0 Å². The first-order valence-corrected chi connectivity index (χ1v) is 6.49. The van der Waals surface area contributed by atoms with Crippen molar-refractivity contribution in [3.05, 3.63) is 30.1 Å². The molecule has 7 heteroatoms. The molecule has 1 aromatic rings. The number of benzene rings is 1. The molecular formula is C10H12FNO4S. The van der Waals surface area contributed by atoms with Crippen LogP contribution in [-0.4, -0.2) is 36.5 Å². The molecule has 0 saturated carbocycles. The quantitative estimate of drug-likeness (QED) is 0.827. The summed E-state index contributed by atoms with van der Waals surface area (Å²) < 4.78 is 49.6. The summed E-state index contributed by atoms with van der Waals surface area (Å²) in [7, 11) is -4.14. The van der Waals surface area contributed by atoms with E-state index in [-0.39, 0.29) is 25.0 Å². The molecule has 0 spiro atoms. The van der Waals surface area contributed by atoms with Gasteiger partial charge in [-0.1, -0.05) is 0 Å². The Kier molecular flexibility index (Phi) is 3.32. The molecule has 1 heterocycles. The van der Waals surface area contributed by atoms with Crippen LogP contribution in [0.25, 0.3) is 0 Å². The minimum absolute atomic E-state index is 0.107. The van der Waals surface area contributed by atoms with E-state index in [0.29, 0.717) is 12.2 Å². The van der Waals surface area contributed by atoms with Crippen LogP contribution in [0.3, 0.4) is 0 Å². The fourth-order valence-electron chi connectivity index (χ4n) is 1.71. The van der Waals surface area contributed by atoms with Crippen molar-refractivity contribution in [2.75, 3.05) is 13.1 Å². The van der Waals surface area contributed by atoms with Crippen LogP contribution < -0.4 is 4.74 Å². The molecule has 1 N–H and O–H groups in total. The fourth-order valence-corrected chi connectivity index (χ4v) is 2.40. The van der Waals surface area contributed by atoms with E-state index in [4.69, 9.17) is 9.29 Å². The van der Waals surface area contributed by atoms with Gasteiger partial charge in [0.15, 0.2) is 0 Å². The molecule has 0 unspecified atom stereocenters. The van der Waals surface area contributed by atoms with Crippen LogP contribution in [0.4, 0.5) is 4.39 Å². The molecule has 1 aliphatic rings. The van der Waals surface area contributed by atoms with Crippen molar-refractivity contribution >= 4 is 10.3 Å². The Morgan fingerprint density at radius 3 is 2.53 bits per heavy atom. The maximum atomic E-state index is 12.6. The average molecular weight is 261 g/mol. The predicted molar refractivity (Wildman–Crippen MR) is 58.6 cm³/mol. The Hall–Kier alpha value is -1.18. The molecule has 17 heavy (non-hydrogen) atoms. The van der Waals surface area contributed by atoms with Gasteiger partial charge in [0, 0.05) is 6.54 Å². The van der Waals surface area contributed by atoms with Gasteiger partial charge in [-0.3, -0.25) is 4.55 Å². The minimum Gasteiger partial charge on any atom is -0.489 e. The topological polar surface area (TPSA) is 66.8 Å². The monoisotopic (exact) mass is 261 g/mol. The summed E-state index contributed by atoms with van der Waals surface area (Å²) in [5.41, 5.74) is 0. The number of nitrogens with zero attached hydrogens (tertiary/aromatic N) is 1. The van der Waals surface area contributed by atoms with Crippen molar-refractivity contribution in [2.24, 2.45) is 0 Å². The zero-order chi connectivity index (χ0) is 12.5. The molecule has 0 radical (unpaired) electrons. The van der Waals surface area contributed by atoms with Crippen LogP contribution in [0.5, 0.6) is 5.75 Å². The Morgan fingerprint density at radius 2 is 2.00 bits per heavy atom. The number of halogens is 1. The third-order valence-electron chi connectivity index (χ3n) is 2.55. The van der Waals surface area contributed by atoms with Gasteiger partial charge in [-0.15, -0.1) is 0 Å². The first kappa shape index (κ1) is 12.3. The molecule has 1 fully saturated rings. The summed E-state index contributed by atoms with van der Waals surface area (Å²) in [5.74, 6) is 0.122. The molecule has 94 valence electrons. The van der Waals surface area contributed by atoms with E-state index >= 15 is 0 Å². The van der Waals surface area contributed by atoms with E-state index in [1.54, 1.807) is 0 Å². The van der Waals surface area contributed by atoms with Gasteiger partial charge in [0.25, 0.3) is 0 Å². The number of hydrogen-bond acceptors (Lipinski definition) is 3. The smallest absolute Gasteiger partial charge is 0.336 e. The molecule has 1 aliphatic heterocycles. The molecule has 5 nitrogen and oxygen atoms in total. The van der Waals surface area contributed by atoms with E-state index in [9.17, 15) is 12.8 Å². The Bertz CT molecular complexity index is 488. The van der Waals surface area contributed by atoms with Gasteiger partial charge in [-0.05, 0) is 30.7 Å². The lowest BCUT2D eigenvalue weighted by molar-refractivity contribution is 0.213. The molecule has 1 aromatic carbocycles. The highest BCUT2D eigenvalue weighted by atomic mass is 32.2. The second-order valence-electron chi connectivity index (χ2n) is 3.82. The highest BCUT2D eigenvalue weighted by Crippen LogP contribution is 2.19. The van der Waals surface area contributed by atoms with Crippen molar-refractivity contribution in [3.8, 4) is 5.75 Å².